The Morgan fingerprint density at radius 2 is 0.489 bits per heavy atom. The van der Waals surface area contributed by atoms with Gasteiger partial charge in [0.2, 0.25) is 0 Å². The number of halogens is 20. The van der Waals surface area contributed by atoms with Crippen LogP contribution in [0.1, 0.15) is 0 Å². The molecule has 0 saturated carbocycles. The molecule has 0 aromatic heterocycles. The summed E-state index contributed by atoms with van der Waals surface area (Å²) in [5.74, 6) is -45.8. The van der Waals surface area contributed by atoms with Crippen LogP contribution in [0.3, 0.4) is 0 Å². The summed E-state index contributed by atoms with van der Waals surface area (Å²) in [6.45, 7) is 5.89. The van der Waals surface area contributed by atoms with Gasteiger partial charge in [-0.2, -0.15) is 0 Å². The molecule has 0 aliphatic heterocycles. The molecular formula is C57H45BCl4F16O9Se. The van der Waals surface area contributed by atoms with Gasteiger partial charge in [-0.3, -0.25) is 0 Å². The van der Waals surface area contributed by atoms with E-state index < -0.39 is 155 Å². The third kappa shape index (κ3) is 15.0. The second kappa shape index (κ2) is 32.9. The third-order valence-corrected chi connectivity index (χ3v) is 19.0. The van der Waals surface area contributed by atoms with Gasteiger partial charge in [-0.05, 0) is 0 Å². The Balaban J connectivity index is 0.000000281. The monoisotopic (exact) mass is 1410 g/mol. The summed E-state index contributed by atoms with van der Waals surface area (Å²) in [6.07, 6.45) is -6.24. The summed E-state index contributed by atoms with van der Waals surface area (Å²) < 4.78 is 293. The fourth-order valence-corrected chi connectivity index (χ4v) is 15.0. The molecule has 0 aliphatic rings. The van der Waals surface area contributed by atoms with Gasteiger partial charge >= 0.3 is 261 Å². The Hall–Kier alpha value is -5.68. The van der Waals surface area contributed by atoms with E-state index in [9.17, 15) is 52.7 Å². The zero-order valence-electron chi connectivity index (χ0n) is 45.6. The number of benzene rings is 7. The van der Waals surface area contributed by atoms with Crippen LogP contribution in [-0.4, -0.2) is 121 Å². The van der Waals surface area contributed by atoms with Crippen LogP contribution in [0.15, 0.2) is 72.8 Å². The zero-order valence-corrected chi connectivity index (χ0v) is 50.4. The Kier molecular flexibility index (Phi) is 26.7. The molecule has 0 amide bonds. The van der Waals surface area contributed by atoms with E-state index in [0.717, 1.165) is 30.6 Å². The average molecular weight is 1410 g/mol. The molecule has 0 fully saturated rings. The standard InChI is InChI=1S/C33H45O9Se.C24BCl4F16/c1-34-16-19-37-22-25-40-28-10-4-7-13-31(28)43(32-14-8-5-11-29(32)41-26-23-38-20-17-35-2)33-15-9-6-12-30(33)42-27-24-39-21-18-36-3;26-5-1(9(30)17(38)21(42)13(5)34)25(2-6(27)14(35)22(43)18(39)10(2)31,3-7(28)15(36)23(44)19(40)11(3)32)4-8(29)16(37)24(45)20(41)12(4)33/h4-15H,16-27H2,1-3H3;/q+1;-1. The van der Waals surface area contributed by atoms with Gasteiger partial charge in [0.15, 0.2) is 69.8 Å². The molecule has 7 aromatic rings. The van der Waals surface area contributed by atoms with Crippen molar-refractivity contribution in [2.45, 2.75) is 0 Å². The Bertz CT molecular complexity index is 3060. The van der Waals surface area contributed by atoms with E-state index in [1.807, 2.05) is 54.6 Å². The molecule has 0 bridgehead atoms. The maximum atomic E-state index is 15.8. The van der Waals surface area contributed by atoms with Crippen molar-refractivity contribution in [3.05, 3.63) is 186 Å². The van der Waals surface area contributed by atoms with Crippen molar-refractivity contribution in [2.24, 2.45) is 0 Å². The summed E-state index contributed by atoms with van der Waals surface area (Å²) in [5, 5.41) is -9.69. The molecule has 7 aromatic carbocycles. The minimum atomic E-state index is -6.24. The van der Waals surface area contributed by atoms with E-state index in [1.165, 1.54) is 0 Å². The molecular weight excluding hydrogens is 1360 g/mol. The minimum Gasteiger partial charge on any atom is -0.207 e. The predicted molar refractivity (Wildman–Crippen MR) is 298 cm³/mol. The second-order valence-electron chi connectivity index (χ2n) is 17.8. The van der Waals surface area contributed by atoms with Gasteiger partial charge in [0.1, 0.15) is 29.4 Å². The zero-order chi connectivity index (χ0) is 64.7. The Labute approximate surface area is 515 Å². The minimum absolute atomic E-state index is 0.424. The molecule has 0 saturated heterocycles. The number of hydrogen-bond donors (Lipinski definition) is 0. The van der Waals surface area contributed by atoms with Gasteiger partial charge < -0.3 is 0 Å². The molecule has 0 atom stereocenters. The topological polar surface area (TPSA) is 83.1 Å². The summed E-state index contributed by atoms with van der Waals surface area (Å²) in [6, 6.07) is 24.6. The molecule has 31 heteroatoms. The molecule has 0 radical (unpaired) electrons. The molecule has 0 N–H and O–H groups in total. The molecule has 0 spiro atoms. The first-order valence-electron chi connectivity index (χ1n) is 25.3. The van der Waals surface area contributed by atoms with Crippen LogP contribution in [0.2, 0.25) is 20.1 Å². The van der Waals surface area contributed by atoms with Crippen molar-refractivity contribution in [3.8, 4) is 17.2 Å². The van der Waals surface area contributed by atoms with E-state index in [4.69, 9.17) is 89.0 Å². The van der Waals surface area contributed by atoms with Crippen molar-refractivity contribution in [2.75, 3.05) is 101 Å². The summed E-state index contributed by atoms with van der Waals surface area (Å²) in [5.41, 5.74) is -10.7. The molecule has 0 aliphatic carbocycles. The van der Waals surface area contributed by atoms with Crippen molar-refractivity contribution < 1.29 is 113 Å². The first-order chi connectivity index (χ1) is 42.0. The van der Waals surface area contributed by atoms with Crippen LogP contribution in [0.25, 0.3) is 0 Å². The van der Waals surface area contributed by atoms with Gasteiger partial charge in [-0.1, -0.05) is 46.4 Å². The molecule has 476 valence electrons. The molecule has 9 nitrogen and oxygen atoms in total. The Morgan fingerprint density at radius 1 is 0.284 bits per heavy atom. The molecule has 0 unspecified atom stereocenters. The number of rotatable bonds is 28. The van der Waals surface area contributed by atoms with Crippen molar-refractivity contribution in [3.63, 3.8) is 0 Å². The first-order valence-corrected chi connectivity index (χ1v) is 29.4. The maximum Gasteiger partial charge on any atom is 0.198 e. The normalized spacial score (nSPS) is 11.6. The van der Waals surface area contributed by atoms with Crippen LogP contribution in [0, 0.1) is 93.1 Å². The fourth-order valence-electron chi connectivity index (χ4n) is 8.81. The van der Waals surface area contributed by atoms with E-state index in [0.29, 0.717) is 79.3 Å². The van der Waals surface area contributed by atoms with E-state index in [1.54, 1.807) is 21.3 Å². The molecule has 0 heterocycles. The van der Waals surface area contributed by atoms with Crippen LogP contribution in [-0.2, 0) is 28.4 Å². The maximum absolute atomic E-state index is 15.8. The summed E-state index contributed by atoms with van der Waals surface area (Å²) in [7, 11) is 4.98. The summed E-state index contributed by atoms with van der Waals surface area (Å²) in [4.78, 5) is 0. The second-order valence-corrected chi connectivity index (χ2v) is 23.4. The van der Waals surface area contributed by atoms with Gasteiger partial charge in [-0.25, -0.2) is 70.2 Å². The van der Waals surface area contributed by atoms with Gasteiger partial charge in [0.25, 0.3) is 0 Å². The van der Waals surface area contributed by atoms with Crippen LogP contribution in [0.4, 0.5) is 70.2 Å². The smallest absolute Gasteiger partial charge is 0.198 e. The number of ether oxygens (including phenoxy) is 9. The van der Waals surface area contributed by atoms with Crippen LogP contribution in [0.5, 0.6) is 17.2 Å². The molecule has 88 heavy (non-hydrogen) atoms. The Morgan fingerprint density at radius 3 is 0.716 bits per heavy atom. The van der Waals surface area contributed by atoms with Crippen LogP contribution < -0.4 is 49.4 Å². The van der Waals surface area contributed by atoms with E-state index >= 15 is 17.6 Å². The van der Waals surface area contributed by atoms with Crippen molar-refractivity contribution in [1.29, 1.82) is 0 Å². The van der Waals surface area contributed by atoms with Gasteiger partial charge in [0.05, 0.1) is 0 Å². The van der Waals surface area contributed by atoms with Crippen molar-refractivity contribution >= 4 is 102 Å². The van der Waals surface area contributed by atoms with Crippen LogP contribution >= 0.6 is 46.4 Å². The predicted octanol–water partition coefficient (Wildman–Crippen LogP) is 10.2. The first kappa shape index (κ1) is 71.4. The average Bonchev–Trinajstić information content (AvgIpc) is 0.703. The van der Waals surface area contributed by atoms with Gasteiger partial charge in [-0.15, -0.1) is 21.9 Å². The number of para-hydroxylation sites is 3. The fraction of sp³-hybridized carbons (Fsp3) is 0.263. The van der Waals surface area contributed by atoms with E-state index in [2.05, 4.69) is 18.2 Å². The third-order valence-electron chi connectivity index (χ3n) is 12.7. The van der Waals surface area contributed by atoms with E-state index in [-0.39, 0.29) is 0 Å². The largest absolute Gasteiger partial charge is 0.207 e. The SMILES string of the molecule is COCCOCCOc1ccccc1[Se+](c1ccccc1OCCOCCOC)c1ccccc1OCCOCCOC.Fc1c(F)c(F)c([B-](c2c(F)c(F)c(F)c(F)c2Cl)(c2c(F)c(F)c(F)c(F)c2Cl)c2c(F)c(F)c(F)c(F)c2Cl)c(Cl)c1F. The number of methoxy groups -OCH3 is 3. The molecule has 7 rings (SSSR count). The van der Waals surface area contributed by atoms with Gasteiger partial charge in [0, 0.05) is 20.1 Å². The quantitative estimate of drug-likeness (QED) is 0.0157. The summed E-state index contributed by atoms with van der Waals surface area (Å²) >= 11 is 20.3. The van der Waals surface area contributed by atoms with Crippen molar-refractivity contribution in [1.82, 2.24) is 0 Å². The number of hydrogen-bond acceptors (Lipinski definition) is 9.